The van der Waals surface area contributed by atoms with Crippen LogP contribution in [0.25, 0.3) is 10.8 Å². The second-order valence-electron chi connectivity index (χ2n) is 7.62. The number of hydrogen-bond donors (Lipinski definition) is 3. The van der Waals surface area contributed by atoms with Crippen LogP contribution in [0.15, 0.2) is 104 Å². The highest BCUT2D eigenvalue weighted by molar-refractivity contribution is 6.05. The second-order valence-corrected chi connectivity index (χ2v) is 7.62. The molecule has 0 radical (unpaired) electrons. The third-order valence-corrected chi connectivity index (χ3v) is 5.23. The van der Waals surface area contributed by atoms with E-state index in [1.165, 1.54) is 12.1 Å². The van der Waals surface area contributed by atoms with Crippen LogP contribution in [0.3, 0.4) is 0 Å². The van der Waals surface area contributed by atoms with Gasteiger partial charge in [-0.25, -0.2) is 9.37 Å². The summed E-state index contributed by atoms with van der Waals surface area (Å²) in [4.78, 5) is 21.2. The van der Waals surface area contributed by atoms with Crippen molar-refractivity contribution in [3.63, 3.8) is 0 Å². The number of nitrogens with one attached hydrogen (secondary N) is 3. The normalized spacial score (nSPS) is 10.6. The smallest absolute Gasteiger partial charge is 0.255 e. The van der Waals surface area contributed by atoms with Gasteiger partial charge in [-0.1, -0.05) is 12.1 Å². The third kappa shape index (κ3) is 4.83. The van der Waals surface area contributed by atoms with Gasteiger partial charge in [0.05, 0.1) is 0 Å². The van der Waals surface area contributed by atoms with E-state index in [0.29, 0.717) is 28.1 Å². The molecule has 0 saturated heterocycles. The summed E-state index contributed by atoms with van der Waals surface area (Å²) in [6.45, 7) is 0. The number of benzene rings is 3. The lowest BCUT2D eigenvalue weighted by Gasteiger charge is -2.11. The van der Waals surface area contributed by atoms with Gasteiger partial charge in [-0.2, -0.15) is 0 Å². The largest absolute Gasteiger partial charge is 0.355 e. The van der Waals surface area contributed by atoms with Crippen molar-refractivity contribution in [2.75, 3.05) is 16.0 Å². The van der Waals surface area contributed by atoms with Crippen LogP contribution in [-0.4, -0.2) is 15.9 Å². The van der Waals surface area contributed by atoms with Gasteiger partial charge in [0, 0.05) is 52.3 Å². The van der Waals surface area contributed by atoms with Crippen molar-refractivity contribution in [2.24, 2.45) is 0 Å². The number of carbonyl (C=O) groups is 1. The minimum absolute atomic E-state index is 0.240. The average Bonchev–Trinajstić information content (AvgIpc) is 2.86. The Hall–Kier alpha value is -4.78. The Kier molecular flexibility index (Phi) is 5.82. The van der Waals surface area contributed by atoms with Crippen LogP contribution in [0.4, 0.5) is 33.0 Å². The molecule has 6 nitrogen and oxygen atoms in total. The standard InChI is InChI=1S/C27H20FN5O/c28-20-5-4-18-10-15-30-26(25(18)17-20)32-24-3-1-2-19(16-24)27(34)33-22-8-6-21(7-9-22)31-23-11-13-29-14-12-23/h1-17H,(H,29,31)(H,30,32)(H,33,34). The number of carbonyl (C=O) groups excluding carboxylic acids is 1. The highest BCUT2D eigenvalue weighted by Crippen LogP contribution is 2.26. The molecule has 166 valence electrons. The van der Waals surface area contributed by atoms with Crippen LogP contribution in [0.1, 0.15) is 10.4 Å². The summed E-state index contributed by atoms with van der Waals surface area (Å²) in [7, 11) is 0. The molecule has 0 fully saturated rings. The van der Waals surface area contributed by atoms with Crippen molar-refractivity contribution >= 4 is 45.2 Å². The first kappa shape index (κ1) is 21.1. The Morgan fingerprint density at radius 3 is 2.29 bits per heavy atom. The maximum Gasteiger partial charge on any atom is 0.255 e. The lowest BCUT2D eigenvalue weighted by Crippen LogP contribution is -2.12. The van der Waals surface area contributed by atoms with Gasteiger partial charge in [-0.05, 0) is 78.2 Å². The van der Waals surface area contributed by atoms with Crippen LogP contribution in [-0.2, 0) is 0 Å². The summed E-state index contributed by atoms with van der Waals surface area (Å²) >= 11 is 0. The van der Waals surface area contributed by atoms with E-state index in [1.54, 1.807) is 42.9 Å². The summed E-state index contributed by atoms with van der Waals surface area (Å²) < 4.78 is 13.8. The molecule has 0 aliphatic carbocycles. The highest BCUT2D eigenvalue weighted by Gasteiger charge is 2.09. The fourth-order valence-corrected chi connectivity index (χ4v) is 3.56. The molecule has 0 bridgehead atoms. The van der Waals surface area contributed by atoms with Crippen LogP contribution in [0.5, 0.6) is 0 Å². The number of pyridine rings is 2. The molecule has 0 aliphatic rings. The van der Waals surface area contributed by atoms with Crippen molar-refractivity contribution in [3.05, 3.63) is 115 Å². The molecule has 2 heterocycles. The van der Waals surface area contributed by atoms with Gasteiger partial charge in [0.25, 0.3) is 5.91 Å². The SMILES string of the molecule is O=C(Nc1ccc(Nc2ccncc2)cc1)c1cccc(Nc2nccc3ccc(F)cc23)c1. The molecule has 1 amide bonds. The third-order valence-electron chi connectivity index (χ3n) is 5.23. The minimum atomic E-state index is -0.335. The summed E-state index contributed by atoms with van der Waals surface area (Å²) in [6, 6.07) is 24.6. The Bertz CT molecular complexity index is 1460. The Balaban J connectivity index is 1.29. The molecule has 34 heavy (non-hydrogen) atoms. The zero-order chi connectivity index (χ0) is 23.3. The molecular formula is C27H20FN5O. The predicted octanol–water partition coefficient (Wildman–Crippen LogP) is 6.51. The van der Waals surface area contributed by atoms with E-state index in [4.69, 9.17) is 0 Å². The number of anilines is 5. The number of hydrogen-bond acceptors (Lipinski definition) is 5. The van der Waals surface area contributed by atoms with Crippen LogP contribution in [0.2, 0.25) is 0 Å². The predicted molar refractivity (Wildman–Crippen MR) is 133 cm³/mol. The molecule has 3 aromatic carbocycles. The molecule has 5 rings (SSSR count). The molecular weight excluding hydrogens is 429 g/mol. The van der Waals surface area contributed by atoms with Crippen molar-refractivity contribution in [3.8, 4) is 0 Å². The number of rotatable bonds is 6. The monoisotopic (exact) mass is 449 g/mol. The lowest BCUT2D eigenvalue weighted by molar-refractivity contribution is 0.102. The van der Waals surface area contributed by atoms with E-state index < -0.39 is 0 Å². The van der Waals surface area contributed by atoms with E-state index in [0.717, 1.165) is 16.8 Å². The molecule has 0 aliphatic heterocycles. The fourth-order valence-electron chi connectivity index (χ4n) is 3.56. The van der Waals surface area contributed by atoms with Gasteiger partial charge >= 0.3 is 0 Å². The van der Waals surface area contributed by atoms with Gasteiger partial charge in [-0.3, -0.25) is 9.78 Å². The topological polar surface area (TPSA) is 78.9 Å². The molecule has 3 N–H and O–H groups in total. The van der Waals surface area contributed by atoms with Crippen LogP contribution in [0, 0.1) is 5.82 Å². The van der Waals surface area contributed by atoms with Crippen molar-refractivity contribution < 1.29 is 9.18 Å². The molecule has 0 spiro atoms. The zero-order valence-corrected chi connectivity index (χ0v) is 18.0. The van der Waals surface area contributed by atoms with E-state index >= 15 is 0 Å². The van der Waals surface area contributed by atoms with Crippen molar-refractivity contribution in [1.82, 2.24) is 9.97 Å². The average molecular weight is 449 g/mol. The first-order chi connectivity index (χ1) is 16.6. The van der Waals surface area contributed by atoms with Gasteiger partial charge in [0.1, 0.15) is 11.6 Å². The quantitative estimate of drug-likeness (QED) is 0.275. The Morgan fingerprint density at radius 2 is 1.47 bits per heavy atom. The first-order valence-electron chi connectivity index (χ1n) is 10.6. The first-order valence-corrected chi connectivity index (χ1v) is 10.6. The van der Waals surface area contributed by atoms with Crippen molar-refractivity contribution in [2.45, 2.75) is 0 Å². The summed E-state index contributed by atoms with van der Waals surface area (Å²) in [6.07, 6.45) is 5.09. The van der Waals surface area contributed by atoms with Gasteiger partial charge in [0.2, 0.25) is 0 Å². The van der Waals surface area contributed by atoms with Crippen LogP contribution >= 0.6 is 0 Å². The van der Waals surface area contributed by atoms with Gasteiger partial charge < -0.3 is 16.0 Å². The molecule has 0 atom stereocenters. The van der Waals surface area contributed by atoms with Gasteiger partial charge in [-0.15, -0.1) is 0 Å². The summed E-state index contributed by atoms with van der Waals surface area (Å²) in [5.41, 5.74) is 3.66. The fraction of sp³-hybridized carbons (Fsp3) is 0. The molecule has 7 heteroatoms. The number of amides is 1. The molecule has 2 aromatic heterocycles. The van der Waals surface area contributed by atoms with E-state index in [9.17, 15) is 9.18 Å². The minimum Gasteiger partial charge on any atom is -0.355 e. The summed E-state index contributed by atoms with van der Waals surface area (Å²) in [5, 5.41) is 10.9. The zero-order valence-electron chi connectivity index (χ0n) is 18.0. The number of nitrogens with zero attached hydrogens (tertiary/aromatic N) is 2. The maximum absolute atomic E-state index is 13.8. The molecule has 0 unspecified atom stereocenters. The highest BCUT2D eigenvalue weighted by atomic mass is 19.1. The van der Waals surface area contributed by atoms with Crippen LogP contribution < -0.4 is 16.0 Å². The van der Waals surface area contributed by atoms with E-state index in [2.05, 4.69) is 25.9 Å². The number of aromatic nitrogens is 2. The Morgan fingerprint density at radius 1 is 0.706 bits per heavy atom. The maximum atomic E-state index is 13.8. The lowest BCUT2D eigenvalue weighted by atomic mass is 10.1. The second kappa shape index (κ2) is 9.38. The number of halogens is 1. The van der Waals surface area contributed by atoms with Gasteiger partial charge in [0.15, 0.2) is 0 Å². The Labute approximate surface area is 195 Å². The molecule has 5 aromatic rings. The van der Waals surface area contributed by atoms with Crippen molar-refractivity contribution in [1.29, 1.82) is 0 Å². The number of fused-ring (bicyclic) bond motifs is 1. The summed E-state index contributed by atoms with van der Waals surface area (Å²) in [5.74, 6) is -0.0547. The molecule has 0 saturated carbocycles. The van der Waals surface area contributed by atoms with E-state index in [-0.39, 0.29) is 11.7 Å². The van der Waals surface area contributed by atoms with E-state index in [1.807, 2.05) is 48.5 Å².